The van der Waals surface area contributed by atoms with Crippen LogP contribution in [0.3, 0.4) is 0 Å². The van der Waals surface area contributed by atoms with E-state index in [9.17, 15) is 4.79 Å². The van der Waals surface area contributed by atoms with Gasteiger partial charge in [0.15, 0.2) is 23.0 Å². The minimum atomic E-state index is -0.335. The van der Waals surface area contributed by atoms with Crippen molar-refractivity contribution in [1.82, 2.24) is 30.1 Å². The summed E-state index contributed by atoms with van der Waals surface area (Å²) in [5, 5.41) is 16.1. The van der Waals surface area contributed by atoms with E-state index in [-0.39, 0.29) is 5.91 Å². The minimum Gasteiger partial charge on any atom is -0.493 e. The third-order valence-electron chi connectivity index (χ3n) is 8.03. The first kappa shape index (κ1) is 30.5. The van der Waals surface area contributed by atoms with Crippen LogP contribution in [0.4, 0.5) is 5.69 Å². The number of amides is 1. The number of nitrogens with one attached hydrogen (secondary N) is 1. The van der Waals surface area contributed by atoms with Gasteiger partial charge in [-0.15, -0.1) is 15.0 Å². The van der Waals surface area contributed by atoms with Crippen LogP contribution in [-0.2, 0) is 19.4 Å². The Morgan fingerprint density at radius 3 is 2.26 bits per heavy atom. The molecule has 1 aliphatic heterocycles. The molecule has 3 aromatic carbocycles. The van der Waals surface area contributed by atoms with Gasteiger partial charge in [0.2, 0.25) is 5.82 Å². The standard InChI is InChI=1S/C34H35N7O5/c1-43-29-16-23-12-15-40(21-25(23)17-30(29)44-2)14-11-22-7-9-26(10-8-22)41-38-33(37-39-41)27-18-31(45-3)32(46-4)19-28(27)36-34(42)24-6-5-13-35-20-24/h5-10,13,16-20H,11-12,14-15,21H2,1-4H3,(H,36,42). The molecule has 0 radical (unpaired) electrons. The number of hydrogen-bond acceptors (Lipinski definition) is 10. The number of tetrazole rings is 1. The third-order valence-corrected chi connectivity index (χ3v) is 8.03. The van der Waals surface area contributed by atoms with Gasteiger partial charge in [0.05, 0.1) is 50.9 Å². The van der Waals surface area contributed by atoms with Crippen molar-refractivity contribution in [2.45, 2.75) is 19.4 Å². The van der Waals surface area contributed by atoms with Crippen LogP contribution in [0, 0.1) is 0 Å². The van der Waals surface area contributed by atoms with Crippen molar-refractivity contribution >= 4 is 11.6 Å². The molecule has 0 spiro atoms. The van der Waals surface area contributed by atoms with E-state index in [1.165, 1.54) is 34.8 Å². The molecule has 12 heteroatoms. The van der Waals surface area contributed by atoms with Crippen molar-refractivity contribution in [3.05, 3.63) is 95.3 Å². The van der Waals surface area contributed by atoms with Crippen molar-refractivity contribution in [1.29, 1.82) is 0 Å². The molecule has 5 aromatic rings. The number of fused-ring (bicyclic) bond motifs is 1. The number of hydrogen-bond donors (Lipinski definition) is 1. The van der Waals surface area contributed by atoms with Crippen LogP contribution in [0.5, 0.6) is 23.0 Å². The molecule has 2 aromatic heterocycles. The molecule has 46 heavy (non-hydrogen) atoms. The first-order chi connectivity index (χ1) is 22.5. The quantitative estimate of drug-likeness (QED) is 0.223. The molecular formula is C34H35N7O5. The van der Waals surface area contributed by atoms with Crippen LogP contribution in [0.15, 0.2) is 73.1 Å². The van der Waals surface area contributed by atoms with Crippen LogP contribution in [0.2, 0.25) is 0 Å². The van der Waals surface area contributed by atoms with Gasteiger partial charge in [-0.05, 0) is 77.2 Å². The zero-order valence-corrected chi connectivity index (χ0v) is 26.2. The van der Waals surface area contributed by atoms with Gasteiger partial charge in [-0.2, -0.15) is 0 Å². The molecule has 12 nitrogen and oxygen atoms in total. The maximum atomic E-state index is 13.0. The Morgan fingerprint density at radius 1 is 0.870 bits per heavy atom. The van der Waals surface area contributed by atoms with E-state index in [1.54, 1.807) is 51.8 Å². The van der Waals surface area contributed by atoms with Crippen LogP contribution in [0.1, 0.15) is 27.0 Å². The Labute approximate surface area is 266 Å². The molecule has 0 fully saturated rings. The fourth-order valence-corrected chi connectivity index (χ4v) is 5.51. The van der Waals surface area contributed by atoms with Crippen LogP contribution >= 0.6 is 0 Å². The summed E-state index contributed by atoms with van der Waals surface area (Å²) < 4.78 is 22.0. The monoisotopic (exact) mass is 621 g/mol. The Bertz CT molecular complexity index is 1830. The zero-order chi connectivity index (χ0) is 32.0. The second-order valence-corrected chi connectivity index (χ2v) is 10.8. The van der Waals surface area contributed by atoms with Crippen LogP contribution in [-0.4, -0.2) is 77.5 Å². The average Bonchev–Trinajstić information content (AvgIpc) is 3.60. The summed E-state index contributed by atoms with van der Waals surface area (Å²) in [5.41, 5.74) is 5.94. The summed E-state index contributed by atoms with van der Waals surface area (Å²) in [6.07, 6.45) is 4.99. The van der Waals surface area contributed by atoms with Crippen molar-refractivity contribution < 1.29 is 23.7 Å². The third kappa shape index (κ3) is 6.47. The van der Waals surface area contributed by atoms with Gasteiger partial charge in [0.1, 0.15) is 0 Å². The topological polar surface area (TPSA) is 126 Å². The van der Waals surface area contributed by atoms with Crippen LogP contribution in [0.25, 0.3) is 17.1 Å². The molecular weight excluding hydrogens is 586 g/mol. The van der Waals surface area contributed by atoms with E-state index in [2.05, 4.69) is 54.9 Å². The lowest BCUT2D eigenvalue weighted by Gasteiger charge is -2.29. The fourth-order valence-electron chi connectivity index (χ4n) is 5.51. The summed E-state index contributed by atoms with van der Waals surface area (Å²) in [6.45, 7) is 2.80. The number of methoxy groups -OCH3 is 4. The number of pyridine rings is 1. The highest BCUT2D eigenvalue weighted by Gasteiger charge is 2.21. The highest BCUT2D eigenvalue weighted by atomic mass is 16.5. The van der Waals surface area contributed by atoms with Gasteiger partial charge in [-0.25, -0.2) is 0 Å². The maximum Gasteiger partial charge on any atom is 0.257 e. The Balaban J connectivity index is 1.15. The Morgan fingerprint density at radius 2 is 1.57 bits per heavy atom. The van der Waals surface area contributed by atoms with Gasteiger partial charge in [0.25, 0.3) is 5.91 Å². The van der Waals surface area contributed by atoms with E-state index in [1.807, 2.05) is 12.1 Å². The molecule has 0 aliphatic carbocycles. The number of ether oxygens (including phenoxy) is 4. The van der Waals surface area contributed by atoms with Crippen molar-refractivity contribution in [3.8, 4) is 40.1 Å². The molecule has 6 rings (SSSR count). The molecule has 0 unspecified atom stereocenters. The van der Waals surface area contributed by atoms with Gasteiger partial charge >= 0.3 is 0 Å². The molecule has 1 aliphatic rings. The summed E-state index contributed by atoms with van der Waals surface area (Å²) in [7, 11) is 6.41. The van der Waals surface area contributed by atoms with Crippen molar-refractivity contribution in [2.24, 2.45) is 0 Å². The second kappa shape index (κ2) is 13.7. The second-order valence-electron chi connectivity index (χ2n) is 10.8. The van der Waals surface area contributed by atoms with Gasteiger partial charge in [0, 0.05) is 38.1 Å². The first-order valence-corrected chi connectivity index (χ1v) is 14.8. The summed E-state index contributed by atoms with van der Waals surface area (Å²) >= 11 is 0. The van der Waals surface area contributed by atoms with E-state index in [0.717, 1.165) is 49.7 Å². The molecule has 0 bridgehead atoms. The first-order valence-electron chi connectivity index (χ1n) is 14.8. The number of nitrogens with zero attached hydrogens (tertiary/aromatic N) is 6. The Kier molecular flexibility index (Phi) is 9.06. The van der Waals surface area contributed by atoms with Gasteiger partial charge < -0.3 is 24.3 Å². The smallest absolute Gasteiger partial charge is 0.257 e. The normalized spacial score (nSPS) is 12.7. The Hall–Kier alpha value is -5.49. The van der Waals surface area contributed by atoms with E-state index >= 15 is 0 Å². The van der Waals surface area contributed by atoms with Gasteiger partial charge in [-0.3, -0.25) is 14.7 Å². The predicted octanol–water partition coefficient (Wildman–Crippen LogP) is 4.61. The lowest BCUT2D eigenvalue weighted by Crippen LogP contribution is -2.32. The number of carbonyl (C=O) groups excluding carboxylic acids is 1. The molecule has 1 amide bonds. The number of benzene rings is 3. The van der Waals surface area contributed by atoms with Crippen molar-refractivity contribution in [2.75, 3.05) is 46.8 Å². The van der Waals surface area contributed by atoms with E-state index in [4.69, 9.17) is 18.9 Å². The van der Waals surface area contributed by atoms with E-state index in [0.29, 0.717) is 34.1 Å². The minimum absolute atomic E-state index is 0.311. The predicted molar refractivity (Wildman–Crippen MR) is 172 cm³/mol. The summed E-state index contributed by atoms with van der Waals surface area (Å²) in [6, 6.07) is 19.1. The molecule has 0 saturated carbocycles. The van der Waals surface area contributed by atoms with Crippen LogP contribution < -0.4 is 24.3 Å². The molecule has 0 atom stereocenters. The van der Waals surface area contributed by atoms with E-state index < -0.39 is 0 Å². The number of rotatable bonds is 11. The number of carbonyl (C=O) groups is 1. The number of aromatic nitrogens is 5. The molecule has 0 saturated heterocycles. The molecule has 236 valence electrons. The van der Waals surface area contributed by atoms with Gasteiger partial charge in [-0.1, -0.05) is 12.1 Å². The summed E-state index contributed by atoms with van der Waals surface area (Å²) in [5.74, 6) is 2.43. The van der Waals surface area contributed by atoms with Crippen molar-refractivity contribution in [3.63, 3.8) is 0 Å². The molecule has 3 heterocycles. The number of anilines is 1. The fraction of sp³-hybridized carbons (Fsp3) is 0.265. The zero-order valence-electron chi connectivity index (χ0n) is 26.2. The highest BCUT2D eigenvalue weighted by molar-refractivity contribution is 6.06. The highest BCUT2D eigenvalue weighted by Crippen LogP contribution is 2.38. The largest absolute Gasteiger partial charge is 0.493 e. The average molecular weight is 622 g/mol. The SMILES string of the molecule is COc1cc2c(cc1OC)CN(CCc1ccc(-n3nnc(-c4cc(OC)c(OC)cc4NC(=O)c4cccnc4)n3)cc1)CC2. The lowest BCUT2D eigenvalue weighted by atomic mass is 9.98. The molecule has 1 N–H and O–H groups in total. The lowest BCUT2D eigenvalue weighted by molar-refractivity contribution is 0.102. The maximum absolute atomic E-state index is 13.0. The summed E-state index contributed by atoms with van der Waals surface area (Å²) in [4.78, 5) is 20.9.